The molecule has 100 valence electrons. The summed E-state index contributed by atoms with van der Waals surface area (Å²) in [7, 11) is 2.03. The minimum absolute atomic E-state index is 0.686. The molecule has 18 heavy (non-hydrogen) atoms. The molecule has 1 aromatic carbocycles. The van der Waals surface area contributed by atoms with E-state index in [9.17, 15) is 0 Å². The van der Waals surface area contributed by atoms with Crippen LogP contribution >= 0.6 is 0 Å². The summed E-state index contributed by atoms with van der Waals surface area (Å²) < 4.78 is 5.55. The van der Waals surface area contributed by atoms with E-state index >= 15 is 0 Å². The maximum Gasteiger partial charge on any atom is 0.119 e. The number of ether oxygens (including phenoxy) is 1. The summed E-state index contributed by atoms with van der Waals surface area (Å²) in [4.78, 5) is 2.57. The van der Waals surface area contributed by atoms with E-state index < -0.39 is 0 Å². The monoisotopic (exact) mass is 248 g/mol. The highest BCUT2D eigenvalue weighted by Crippen LogP contribution is 2.21. The number of likely N-dealkylation sites (tertiary alicyclic amines) is 1. The molecular formula is C15H24N2O. The Bertz CT molecular complexity index is 367. The molecule has 3 nitrogen and oxygen atoms in total. The van der Waals surface area contributed by atoms with Gasteiger partial charge in [-0.2, -0.15) is 0 Å². The SMILES string of the molecule is CCOc1cccc(CN2CCCC2CNC)c1. The molecule has 1 N–H and O–H groups in total. The van der Waals surface area contributed by atoms with Gasteiger partial charge in [-0.25, -0.2) is 0 Å². The van der Waals surface area contributed by atoms with Crippen LogP contribution in [0.1, 0.15) is 25.3 Å². The lowest BCUT2D eigenvalue weighted by atomic mass is 10.1. The Balaban J connectivity index is 1.97. The van der Waals surface area contributed by atoms with E-state index in [1.807, 2.05) is 20.0 Å². The molecular weight excluding hydrogens is 224 g/mol. The Morgan fingerprint density at radius 3 is 3.11 bits per heavy atom. The van der Waals surface area contributed by atoms with Gasteiger partial charge in [0.05, 0.1) is 6.61 Å². The molecule has 1 atom stereocenters. The topological polar surface area (TPSA) is 24.5 Å². The first-order valence-electron chi connectivity index (χ1n) is 6.94. The van der Waals surface area contributed by atoms with Crippen LogP contribution < -0.4 is 10.1 Å². The number of likely N-dealkylation sites (N-methyl/N-ethyl adjacent to an activating group) is 1. The van der Waals surface area contributed by atoms with Crippen LogP contribution in [-0.2, 0) is 6.54 Å². The highest BCUT2D eigenvalue weighted by atomic mass is 16.5. The minimum Gasteiger partial charge on any atom is -0.494 e. The van der Waals surface area contributed by atoms with Gasteiger partial charge >= 0.3 is 0 Å². The average molecular weight is 248 g/mol. The van der Waals surface area contributed by atoms with Crippen molar-refractivity contribution < 1.29 is 4.74 Å². The zero-order valence-electron chi connectivity index (χ0n) is 11.5. The molecule has 0 amide bonds. The number of hydrogen-bond acceptors (Lipinski definition) is 3. The van der Waals surface area contributed by atoms with Crippen molar-refractivity contribution in [2.24, 2.45) is 0 Å². The summed E-state index contributed by atoms with van der Waals surface area (Å²) in [5.74, 6) is 0.986. The first-order chi connectivity index (χ1) is 8.83. The van der Waals surface area contributed by atoms with Crippen LogP contribution in [0, 0.1) is 0 Å². The van der Waals surface area contributed by atoms with Gasteiger partial charge in [0.15, 0.2) is 0 Å². The first kappa shape index (κ1) is 13.4. The fourth-order valence-electron chi connectivity index (χ4n) is 2.70. The van der Waals surface area contributed by atoms with E-state index in [1.54, 1.807) is 0 Å². The van der Waals surface area contributed by atoms with Crippen LogP contribution in [0.2, 0.25) is 0 Å². The van der Waals surface area contributed by atoms with Crippen molar-refractivity contribution in [3.8, 4) is 5.75 Å². The smallest absolute Gasteiger partial charge is 0.119 e. The quantitative estimate of drug-likeness (QED) is 0.836. The van der Waals surface area contributed by atoms with Gasteiger partial charge in [0.25, 0.3) is 0 Å². The van der Waals surface area contributed by atoms with Crippen molar-refractivity contribution in [2.45, 2.75) is 32.4 Å². The molecule has 1 saturated heterocycles. The van der Waals surface area contributed by atoms with Crippen LogP contribution in [0.3, 0.4) is 0 Å². The molecule has 0 radical (unpaired) electrons. The zero-order chi connectivity index (χ0) is 12.8. The average Bonchev–Trinajstić information content (AvgIpc) is 2.78. The fraction of sp³-hybridized carbons (Fsp3) is 0.600. The number of hydrogen-bond donors (Lipinski definition) is 1. The zero-order valence-corrected chi connectivity index (χ0v) is 11.5. The summed E-state index contributed by atoms with van der Waals surface area (Å²) in [6, 6.07) is 9.16. The number of rotatable bonds is 6. The highest BCUT2D eigenvalue weighted by Gasteiger charge is 2.23. The van der Waals surface area contributed by atoms with Crippen molar-refractivity contribution >= 4 is 0 Å². The minimum atomic E-state index is 0.686. The summed E-state index contributed by atoms with van der Waals surface area (Å²) >= 11 is 0. The molecule has 1 aromatic rings. The lowest BCUT2D eigenvalue weighted by Crippen LogP contribution is -2.36. The van der Waals surface area contributed by atoms with Gasteiger partial charge in [0, 0.05) is 19.1 Å². The lowest BCUT2D eigenvalue weighted by Gasteiger charge is -2.24. The Labute approximate surface area is 110 Å². The van der Waals surface area contributed by atoms with E-state index in [2.05, 4.69) is 28.4 Å². The van der Waals surface area contributed by atoms with Crippen molar-refractivity contribution in [1.29, 1.82) is 0 Å². The van der Waals surface area contributed by atoms with Crippen molar-refractivity contribution in [3.05, 3.63) is 29.8 Å². The maximum atomic E-state index is 5.55. The Hall–Kier alpha value is -1.06. The molecule has 1 heterocycles. The molecule has 2 rings (SSSR count). The second kappa shape index (κ2) is 6.76. The molecule has 1 unspecified atom stereocenters. The third-order valence-corrected chi connectivity index (χ3v) is 3.53. The van der Waals surface area contributed by atoms with Crippen LogP contribution in [0.4, 0.5) is 0 Å². The van der Waals surface area contributed by atoms with Gasteiger partial charge in [-0.3, -0.25) is 4.90 Å². The van der Waals surface area contributed by atoms with Crippen molar-refractivity contribution in [1.82, 2.24) is 10.2 Å². The predicted octanol–water partition coefficient (Wildman–Crippen LogP) is 2.27. The number of nitrogens with zero attached hydrogens (tertiary/aromatic N) is 1. The highest BCUT2D eigenvalue weighted by molar-refractivity contribution is 5.28. The Morgan fingerprint density at radius 1 is 1.44 bits per heavy atom. The van der Waals surface area contributed by atoms with Gasteiger partial charge in [-0.15, -0.1) is 0 Å². The fourth-order valence-corrected chi connectivity index (χ4v) is 2.70. The van der Waals surface area contributed by atoms with E-state index in [0.717, 1.165) is 25.4 Å². The van der Waals surface area contributed by atoms with Crippen LogP contribution in [0.5, 0.6) is 5.75 Å². The van der Waals surface area contributed by atoms with Crippen LogP contribution in [-0.4, -0.2) is 37.7 Å². The van der Waals surface area contributed by atoms with Gasteiger partial charge < -0.3 is 10.1 Å². The summed E-state index contributed by atoms with van der Waals surface area (Å²) in [6.45, 7) is 6.09. The third-order valence-electron chi connectivity index (χ3n) is 3.53. The largest absolute Gasteiger partial charge is 0.494 e. The third kappa shape index (κ3) is 3.47. The van der Waals surface area contributed by atoms with E-state index in [-0.39, 0.29) is 0 Å². The Morgan fingerprint density at radius 2 is 2.33 bits per heavy atom. The van der Waals surface area contributed by atoms with E-state index in [4.69, 9.17) is 4.74 Å². The van der Waals surface area contributed by atoms with Crippen molar-refractivity contribution in [3.63, 3.8) is 0 Å². The number of nitrogens with one attached hydrogen (secondary N) is 1. The second-order valence-corrected chi connectivity index (χ2v) is 4.90. The second-order valence-electron chi connectivity index (χ2n) is 4.90. The lowest BCUT2D eigenvalue weighted by molar-refractivity contribution is 0.242. The van der Waals surface area contributed by atoms with Crippen LogP contribution in [0.15, 0.2) is 24.3 Å². The molecule has 0 aromatic heterocycles. The molecule has 0 saturated carbocycles. The summed E-state index contributed by atoms with van der Waals surface area (Å²) in [5, 5.41) is 3.29. The molecule has 0 aliphatic carbocycles. The van der Waals surface area contributed by atoms with Gasteiger partial charge in [-0.05, 0) is 51.1 Å². The molecule has 3 heteroatoms. The van der Waals surface area contributed by atoms with Crippen LogP contribution in [0.25, 0.3) is 0 Å². The number of benzene rings is 1. The van der Waals surface area contributed by atoms with Crippen molar-refractivity contribution in [2.75, 3.05) is 26.7 Å². The summed E-state index contributed by atoms with van der Waals surface area (Å²) in [6.07, 6.45) is 2.63. The first-order valence-corrected chi connectivity index (χ1v) is 6.94. The Kier molecular flexibility index (Phi) is 5.02. The van der Waals surface area contributed by atoms with E-state index in [0.29, 0.717) is 6.04 Å². The van der Waals surface area contributed by atoms with Gasteiger partial charge in [0.2, 0.25) is 0 Å². The summed E-state index contributed by atoms with van der Waals surface area (Å²) in [5.41, 5.74) is 1.35. The molecule has 1 aliphatic rings. The van der Waals surface area contributed by atoms with Gasteiger partial charge in [-0.1, -0.05) is 12.1 Å². The standard InChI is InChI=1S/C15H24N2O/c1-3-18-15-8-4-6-13(10-15)12-17-9-5-7-14(17)11-16-2/h4,6,8,10,14,16H,3,5,7,9,11-12H2,1-2H3. The molecule has 1 aliphatic heterocycles. The predicted molar refractivity (Wildman–Crippen MR) is 75.0 cm³/mol. The molecule has 0 bridgehead atoms. The maximum absolute atomic E-state index is 5.55. The molecule has 1 fully saturated rings. The normalized spacial score (nSPS) is 20.2. The van der Waals surface area contributed by atoms with Gasteiger partial charge in [0.1, 0.15) is 5.75 Å². The molecule has 0 spiro atoms. The van der Waals surface area contributed by atoms with E-state index in [1.165, 1.54) is 24.9 Å².